The topological polar surface area (TPSA) is 8.17 Å². The van der Waals surface area contributed by atoms with Crippen LogP contribution in [-0.4, -0.2) is 4.57 Å². The second-order valence-corrected chi connectivity index (χ2v) is 14.2. The standard InChI is InChI=1S/C54H38N2/c1-3-15-39(16-4-1)41-29-33-46(34-30-41)55(47-35-31-42(32-36-47)40-17-5-2-6-18-40)48-22-14-20-44(38-48)43-19-13-21-45(37-43)49-23-7-10-26-52(49)56-53-27-11-8-24-50(53)51-25-9-12-28-54(51)56/h1-38H. The van der Waals surface area contributed by atoms with Gasteiger partial charge in [-0.15, -0.1) is 0 Å². The van der Waals surface area contributed by atoms with E-state index in [-0.39, 0.29) is 0 Å². The van der Waals surface area contributed by atoms with Crippen LogP contribution in [-0.2, 0) is 0 Å². The minimum absolute atomic E-state index is 1.10. The fourth-order valence-electron chi connectivity index (χ4n) is 8.10. The molecule has 0 radical (unpaired) electrons. The SMILES string of the molecule is c1ccc(-c2ccc(N(c3ccc(-c4ccccc4)cc3)c3cccc(-c4cccc(-c5ccccc5-n5c6ccccc6c6ccccc65)c4)c3)cc2)cc1. The lowest BCUT2D eigenvalue weighted by atomic mass is 9.97. The zero-order valence-electron chi connectivity index (χ0n) is 30.8. The molecule has 0 saturated heterocycles. The van der Waals surface area contributed by atoms with Gasteiger partial charge in [-0.1, -0.05) is 170 Å². The molecule has 1 heterocycles. The van der Waals surface area contributed by atoms with E-state index in [4.69, 9.17) is 0 Å². The van der Waals surface area contributed by atoms with Gasteiger partial charge in [0.05, 0.1) is 16.7 Å². The van der Waals surface area contributed by atoms with E-state index in [1.165, 1.54) is 66.4 Å². The molecule has 0 fully saturated rings. The van der Waals surface area contributed by atoms with Crippen molar-refractivity contribution in [3.05, 3.63) is 231 Å². The summed E-state index contributed by atoms with van der Waals surface area (Å²) in [6.45, 7) is 0. The molecular weight excluding hydrogens is 677 g/mol. The molecule has 0 amide bonds. The Morgan fingerprint density at radius 3 is 1.29 bits per heavy atom. The van der Waals surface area contributed by atoms with E-state index in [2.05, 4.69) is 240 Å². The van der Waals surface area contributed by atoms with Crippen LogP contribution in [0.5, 0.6) is 0 Å². The third-order valence-electron chi connectivity index (χ3n) is 10.8. The number of fused-ring (bicyclic) bond motifs is 3. The zero-order chi connectivity index (χ0) is 37.3. The molecular formula is C54H38N2. The van der Waals surface area contributed by atoms with Crippen molar-refractivity contribution in [1.29, 1.82) is 0 Å². The molecule has 56 heavy (non-hydrogen) atoms. The minimum atomic E-state index is 1.10. The van der Waals surface area contributed by atoms with E-state index >= 15 is 0 Å². The van der Waals surface area contributed by atoms with Crippen LogP contribution in [0.1, 0.15) is 0 Å². The van der Waals surface area contributed by atoms with E-state index in [0.717, 1.165) is 22.6 Å². The maximum Gasteiger partial charge on any atom is 0.0541 e. The first-order chi connectivity index (χ1) is 27.8. The maximum absolute atomic E-state index is 2.41. The summed E-state index contributed by atoms with van der Waals surface area (Å²) in [7, 11) is 0. The number of aromatic nitrogens is 1. The van der Waals surface area contributed by atoms with E-state index < -0.39 is 0 Å². The first-order valence-corrected chi connectivity index (χ1v) is 19.2. The lowest BCUT2D eigenvalue weighted by Crippen LogP contribution is -2.10. The van der Waals surface area contributed by atoms with Crippen molar-refractivity contribution in [2.45, 2.75) is 0 Å². The highest BCUT2D eigenvalue weighted by molar-refractivity contribution is 6.09. The van der Waals surface area contributed by atoms with Crippen molar-refractivity contribution in [2.24, 2.45) is 0 Å². The first-order valence-electron chi connectivity index (χ1n) is 19.2. The molecule has 1 aromatic heterocycles. The lowest BCUT2D eigenvalue weighted by molar-refractivity contribution is 1.18. The van der Waals surface area contributed by atoms with Crippen molar-refractivity contribution in [3.8, 4) is 50.2 Å². The second kappa shape index (κ2) is 14.4. The van der Waals surface area contributed by atoms with Crippen molar-refractivity contribution in [2.75, 3.05) is 4.90 Å². The molecule has 0 aliphatic carbocycles. The molecule has 10 rings (SSSR count). The van der Waals surface area contributed by atoms with Crippen molar-refractivity contribution in [1.82, 2.24) is 4.57 Å². The molecule has 0 spiro atoms. The summed E-state index contributed by atoms with van der Waals surface area (Å²) in [6, 6.07) is 83.0. The lowest BCUT2D eigenvalue weighted by Gasteiger charge is -2.26. The molecule has 9 aromatic carbocycles. The van der Waals surface area contributed by atoms with Gasteiger partial charge in [0.25, 0.3) is 0 Å². The highest BCUT2D eigenvalue weighted by Crippen LogP contribution is 2.40. The summed E-state index contributed by atoms with van der Waals surface area (Å²) in [5.74, 6) is 0. The molecule has 0 bridgehead atoms. The normalized spacial score (nSPS) is 11.2. The fraction of sp³-hybridized carbons (Fsp3) is 0. The molecule has 2 nitrogen and oxygen atoms in total. The molecule has 0 saturated carbocycles. The van der Waals surface area contributed by atoms with Gasteiger partial charge in [0, 0.05) is 33.4 Å². The van der Waals surface area contributed by atoms with Crippen LogP contribution < -0.4 is 4.90 Å². The third kappa shape index (κ3) is 6.14. The molecule has 0 atom stereocenters. The minimum Gasteiger partial charge on any atom is -0.310 e. The fourth-order valence-corrected chi connectivity index (χ4v) is 8.10. The number of benzene rings is 9. The number of nitrogens with zero attached hydrogens (tertiary/aromatic N) is 2. The van der Waals surface area contributed by atoms with Crippen LogP contribution in [0, 0.1) is 0 Å². The predicted molar refractivity (Wildman–Crippen MR) is 237 cm³/mol. The Bertz CT molecular complexity index is 2810. The first kappa shape index (κ1) is 33.2. The average molecular weight is 715 g/mol. The Morgan fingerprint density at radius 1 is 0.268 bits per heavy atom. The van der Waals surface area contributed by atoms with Crippen LogP contribution in [0.3, 0.4) is 0 Å². The highest BCUT2D eigenvalue weighted by atomic mass is 15.1. The number of para-hydroxylation sites is 3. The van der Waals surface area contributed by atoms with Crippen LogP contribution in [0.4, 0.5) is 17.1 Å². The summed E-state index contributed by atoms with van der Waals surface area (Å²) in [6.07, 6.45) is 0. The molecule has 2 heteroatoms. The predicted octanol–water partition coefficient (Wildman–Crippen LogP) is 14.9. The van der Waals surface area contributed by atoms with Crippen molar-refractivity contribution < 1.29 is 0 Å². The van der Waals surface area contributed by atoms with Gasteiger partial charge in [-0.05, 0) is 99.6 Å². The second-order valence-electron chi connectivity index (χ2n) is 14.2. The summed E-state index contributed by atoms with van der Waals surface area (Å²) in [5, 5.41) is 2.52. The molecule has 0 aliphatic rings. The van der Waals surface area contributed by atoms with E-state index in [1.54, 1.807) is 0 Å². The van der Waals surface area contributed by atoms with Crippen molar-refractivity contribution >= 4 is 38.9 Å². The van der Waals surface area contributed by atoms with Crippen LogP contribution in [0.25, 0.3) is 72.0 Å². The van der Waals surface area contributed by atoms with Crippen molar-refractivity contribution in [3.63, 3.8) is 0 Å². The van der Waals surface area contributed by atoms with Gasteiger partial charge >= 0.3 is 0 Å². The van der Waals surface area contributed by atoms with E-state index in [0.29, 0.717) is 0 Å². The van der Waals surface area contributed by atoms with E-state index in [9.17, 15) is 0 Å². The molecule has 0 unspecified atom stereocenters. The van der Waals surface area contributed by atoms with Gasteiger partial charge in [0.2, 0.25) is 0 Å². The van der Waals surface area contributed by atoms with Crippen LogP contribution >= 0.6 is 0 Å². The molecule has 264 valence electrons. The Morgan fingerprint density at radius 2 is 0.696 bits per heavy atom. The number of hydrogen-bond donors (Lipinski definition) is 0. The largest absolute Gasteiger partial charge is 0.310 e. The Hall–Kier alpha value is -7.42. The quantitative estimate of drug-likeness (QED) is 0.152. The summed E-state index contributed by atoms with van der Waals surface area (Å²) < 4.78 is 2.41. The maximum atomic E-state index is 2.41. The number of hydrogen-bond acceptors (Lipinski definition) is 1. The highest BCUT2D eigenvalue weighted by Gasteiger charge is 2.17. The third-order valence-corrected chi connectivity index (χ3v) is 10.8. The molecule has 0 N–H and O–H groups in total. The number of anilines is 3. The summed E-state index contributed by atoms with van der Waals surface area (Å²) >= 11 is 0. The Labute approximate surface area is 327 Å². The average Bonchev–Trinajstić information content (AvgIpc) is 3.62. The Balaban J connectivity index is 1.06. The van der Waals surface area contributed by atoms with Gasteiger partial charge in [-0.3, -0.25) is 0 Å². The van der Waals surface area contributed by atoms with Gasteiger partial charge in [0.1, 0.15) is 0 Å². The van der Waals surface area contributed by atoms with Crippen LogP contribution in [0.15, 0.2) is 231 Å². The van der Waals surface area contributed by atoms with Gasteiger partial charge in [-0.25, -0.2) is 0 Å². The monoisotopic (exact) mass is 714 g/mol. The summed E-state index contributed by atoms with van der Waals surface area (Å²) in [5.41, 5.74) is 16.4. The van der Waals surface area contributed by atoms with Gasteiger partial charge in [-0.2, -0.15) is 0 Å². The zero-order valence-corrected chi connectivity index (χ0v) is 30.8. The molecule has 0 aliphatic heterocycles. The molecule has 10 aromatic rings. The smallest absolute Gasteiger partial charge is 0.0541 e. The van der Waals surface area contributed by atoms with Crippen LogP contribution in [0.2, 0.25) is 0 Å². The van der Waals surface area contributed by atoms with Gasteiger partial charge < -0.3 is 9.47 Å². The van der Waals surface area contributed by atoms with Gasteiger partial charge in [0.15, 0.2) is 0 Å². The Kier molecular flexibility index (Phi) is 8.55. The number of rotatable bonds is 8. The summed E-state index contributed by atoms with van der Waals surface area (Å²) in [4.78, 5) is 2.36. The van der Waals surface area contributed by atoms with E-state index in [1.807, 2.05) is 0 Å².